The molecule has 0 radical (unpaired) electrons. The van der Waals surface area contributed by atoms with Crippen LogP contribution in [0.4, 0.5) is 10.2 Å². The molecule has 1 saturated heterocycles. The number of carbonyl (C=O) groups is 1. The number of amides is 1. The van der Waals surface area contributed by atoms with Gasteiger partial charge >= 0.3 is 6.01 Å². The Balaban J connectivity index is 1.59. The molecule has 1 N–H and O–H groups in total. The van der Waals surface area contributed by atoms with Gasteiger partial charge in [0.1, 0.15) is 11.3 Å². The highest BCUT2D eigenvalue weighted by Gasteiger charge is 2.33. The summed E-state index contributed by atoms with van der Waals surface area (Å²) >= 11 is 0. The summed E-state index contributed by atoms with van der Waals surface area (Å²) in [6, 6.07) is 14.7. The molecule has 1 amide bonds. The van der Waals surface area contributed by atoms with Crippen LogP contribution < -0.4 is 9.64 Å². The summed E-state index contributed by atoms with van der Waals surface area (Å²) < 4.78 is 19.3. The number of hydrogen-bond acceptors (Lipinski definition) is 8. The van der Waals surface area contributed by atoms with E-state index in [0.29, 0.717) is 30.0 Å². The topological polar surface area (TPSA) is 115 Å². The number of nitriles is 1. The smallest absolute Gasteiger partial charge is 0.319 e. The van der Waals surface area contributed by atoms with Crippen LogP contribution in [0.2, 0.25) is 0 Å². The van der Waals surface area contributed by atoms with E-state index in [0.717, 1.165) is 21.9 Å². The van der Waals surface area contributed by atoms with E-state index in [1.807, 2.05) is 42.2 Å². The lowest BCUT2D eigenvalue weighted by molar-refractivity contribution is -0.131. The zero-order valence-corrected chi connectivity index (χ0v) is 20.8. The molecule has 2 aromatic carbocycles. The van der Waals surface area contributed by atoms with Crippen molar-refractivity contribution in [3.8, 4) is 29.0 Å². The van der Waals surface area contributed by atoms with Crippen LogP contribution in [0.15, 0.2) is 61.1 Å². The van der Waals surface area contributed by atoms with Gasteiger partial charge in [0.05, 0.1) is 30.7 Å². The van der Waals surface area contributed by atoms with Crippen molar-refractivity contribution in [2.24, 2.45) is 0 Å². The normalized spacial score (nSPS) is 15.4. The third kappa shape index (κ3) is 4.66. The van der Waals surface area contributed by atoms with Gasteiger partial charge in [-0.25, -0.2) is 4.39 Å². The Morgan fingerprint density at radius 3 is 2.84 bits per heavy atom. The minimum Gasteiger partial charge on any atom is -0.508 e. The minimum atomic E-state index is -1.05. The van der Waals surface area contributed by atoms with Crippen LogP contribution >= 0.6 is 0 Å². The van der Waals surface area contributed by atoms with E-state index in [4.69, 9.17) is 9.72 Å². The van der Waals surface area contributed by atoms with Crippen LogP contribution in [0.1, 0.15) is 13.3 Å². The van der Waals surface area contributed by atoms with Gasteiger partial charge in [0.15, 0.2) is 11.6 Å². The first-order valence-corrected chi connectivity index (χ1v) is 12.2. The number of hydrogen-bond donors (Lipinski definition) is 1. The summed E-state index contributed by atoms with van der Waals surface area (Å²) in [6.07, 6.45) is 1.73. The standard InChI is InChI=1S/C28H25FN6O3/c1-3-38-28-32-24-13-19(23-14-21(36)12-18-6-4-5-7-22(18)23)15-31-25(24)26(33-28)34-10-11-35(27(37)17(2)29)20(16-34)8-9-30/h4-7,12-15,20,36H,2-3,8,10-11,16H2,1H3/t20-/m0/s1. The zero-order chi connectivity index (χ0) is 26.8. The molecule has 5 rings (SSSR count). The molecule has 0 bridgehead atoms. The molecular formula is C28H25FN6O3. The summed E-state index contributed by atoms with van der Waals surface area (Å²) in [5.41, 5.74) is 2.62. The van der Waals surface area contributed by atoms with Crippen molar-refractivity contribution >= 4 is 33.5 Å². The van der Waals surface area contributed by atoms with Gasteiger partial charge in [-0.15, -0.1) is 0 Å². The first-order valence-electron chi connectivity index (χ1n) is 12.2. The number of rotatable bonds is 6. The van der Waals surface area contributed by atoms with Gasteiger partial charge in [0.25, 0.3) is 5.91 Å². The fraction of sp³-hybridized carbons (Fsp3) is 0.250. The van der Waals surface area contributed by atoms with Crippen molar-refractivity contribution in [3.63, 3.8) is 0 Å². The molecule has 1 fully saturated rings. The number of aromatic hydroxyl groups is 1. The largest absolute Gasteiger partial charge is 0.508 e. The third-order valence-electron chi connectivity index (χ3n) is 6.53. The Morgan fingerprint density at radius 2 is 2.08 bits per heavy atom. The maximum absolute atomic E-state index is 13.6. The molecule has 0 saturated carbocycles. The number of nitrogens with zero attached hydrogens (tertiary/aromatic N) is 6. The summed E-state index contributed by atoms with van der Waals surface area (Å²) in [5.74, 6) is -1.22. The number of piperazine rings is 1. The molecule has 0 unspecified atom stereocenters. The number of benzene rings is 2. The van der Waals surface area contributed by atoms with Crippen molar-refractivity contribution < 1.29 is 19.0 Å². The van der Waals surface area contributed by atoms with E-state index in [-0.39, 0.29) is 31.3 Å². The molecule has 1 atom stereocenters. The van der Waals surface area contributed by atoms with Crippen LogP contribution in [0.3, 0.4) is 0 Å². The summed E-state index contributed by atoms with van der Waals surface area (Å²) in [7, 11) is 0. The highest BCUT2D eigenvalue weighted by molar-refractivity contribution is 5.99. The van der Waals surface area contributed by atoms with Crippen molar-refractivity contribution in [1.82, 2.24) is 19.9 Å². The van der Waals surface area contributed by atoms with Gasteiger partial charge in [0, 0.05) is 31.4 Å². The monoisotopic (exact) mass is 512 g/mol. The van der Waals surface area contributed by atoms with E-state index in [9.17, 15) is 19.6 Å². The number of phenols is 1. The second kappa shape index (κ2) is 10.3. The number of halogens is 1. The average Bonchev–Trinajstić information content (AvgIpc) is 2.91. The van der Waals surface area contributed by atoms with Crippen LogP contribution in [0.5, 0.6) is 11.8 Å². The molecule has 2 aromatic heterocycles. The second-order valence-electron chi connectivity index (χ2n) is 8.93. The highest BCUT2D eigenvalue weighted by atomic mass is 19.1. The van der Waals surface area contributed by atoms with Crippen LogP contribution in [-0.2, 0) is 4.79 Å². The predicted molar refractivity (Wildman–Crippen MR) is 141 cm³/mol. The Bertz CT molecular complexity index is 1600. The van der Waals surface area contributed by atoms with Crippen molar-refractivity contribution in [3.05, 3.63) is 61.1 Å². The van der Waals surface area contributed by atoms with Gasteiger partial charge in [0.2, 0.25) is 0 Å². The number of pyridine rings is 1. The molecule has 9 nitrogen and oxygen atoms in total. The molecule has 0 spiro atoms. The number of aromatic nitrogens is 3. The first kappa shape index (κ1) is 24.9. The predicted octanol–water partition coefficient (Wildman–Crippen LogP) is 4.36. The number of ether oxygens (including phenoxy) is 1. The van der Waals surface area contributed by atoms with E-state index < -0.39 is 17.8 Å². The van der Waals surface area contributed by atoms with Crippen molar-refractivity contribution in [1.29, 1.82) is 5.26 Å². The number of carbonyl (C=O) groups excluding carboxylic acids is 1. The van der Waals surface area contributed by atoms with Gasteiger partial charge in [-0.1, -0.05) is 30.8 Å². The molecular weight excluding hydrogens is 487 g/mol. The Hall–Kier alpha value is -4.78. The lowest BCUT2D eigenvalue weighted by Crippen LogP contribution is -2.55. The van der Waals surface area contributed by atoms with E-state index in [1.165, 1.54) is 4.90 Å². The SMILES string of the molecule is C=C(F)C(=O)N1CCN(c2nc(OCC)nc3cc(-c4cc(O)cc5ccccc45)cnc23)C[C@@H]1CC#N. The third-order valence-corrected chi connectivity index (χ3v) is 6.53. The van der Waals surface area contributed by atoms with Gasteiger partial charge in [-0.2, -0.15) is 15.2 Å². The van der Waals surface area contributed by atoms with E-state index in [2.05, 4.69) is 22.6 Å². The van der Waals surface area contributed by atoms with Gasteiger partial charge < -0.3 is 19.6 Å². The van der Waals surface area contributed by atoms with Crippen molar-refractivity contribution in [2.45, 2.75) is 19.4 Å². The maximum Gasteiger partial charge on any atom is 0.319 e. The number of phenolic OH excluding ortho intramolecular Hbond substituents is 1. The summed E-state index contributed by atoms with van der Waals surface area (Å²) in [6.45, 7) is 6.09. The lowest BCUT2D eigenvalue weighted by atomic mass is 9.98. The van der Waals surface area contributed by atoms with E-state index in [1.54, 1.807) is 18.3 Å². The van der Waals surface area contributed by atoms with Crippen LogP contribution in [0, 0.1) is 11.3 Å². The lowest BCUT2D eigenvalue weighted by Gasteiger charge is -2.40. The second-order valence-corrected chi connectivity index (χ2v) is 8.93. The average molecular weight is 513 g/mol. The summed E-state index contributed by atoms with van der Waals surface area (Å²) in [5, 5.41) is 21.5. The zero-order valence-electron chi connectivity index (χ0n) is 20.8. The van der Waals surface area contributed by atoms with Crippen LogP contribution in [0.25, 0.3) is 32.9 Å². The Kier molecular flexibility index (Phi) is 6.75. The number of fused-ring (bicyclic) bond motifs is 2. The molecule has 192 valence electrons. The maximum atomic E-state index is 13.6. The highest BCUT2D eigenvalue weighted by Crippen LogP contribution is 2.35. The molecule has 3 heterocycles. The Labute approximate surface area is 218 Å². The molecule has 38 heavy (non-hydrogen) atoms. The quantitative estimate of drug-likeness (QED) is 0.379. The fourth-order valence-corrected chi connectivity index (χ4v) is 4.83. The molecule has 1 aliphatic rings. The van der Waals surface area contributed by atoms with Crippen LogP contribution in [-0.4, -0.2) is 63.1 Å². The van der Waals surface area contributed by atoms with Gasteiger partial charge in [-0.3, -0.25) is 9.78 Å². The van der Waals surface area contributed by atoms with Crippen molar-refractivity contribution in [2.75, 3.05) is 31.1 Å². The first-order chi connectivity index (χ1) is 18.4. The number of anilines is 1. The van der Waals surface area contributed by atoms with Gasteiger partial charge in [-0.05, 0) is 41.5 Å². The molecule has 1 aliphatic heterocycles. The molecule has 4 aromatic rings. The van der Waals surface area contributed by atoms with E-state index >= 15 is 0 Å². The Morgan fingerprint density at radius 1 is 1.26 bits per heavy atom. The summed E-state index contributed by atoms with van der Waals surface area (Å²) in [4.78, 5) is 29.4. The fourth-order valence-electron chi connectivity index (χ4n) is 4.83. The molecule has 0 aliphatic carbocycles. The minimum absolute atomic E-state index is 0.0268. The molecule has 10 heteroatoms.